The Morgan fingerprint density at radius 3 is 1.07 bits per heavy atom. The summed E-state index contributed by atoms with van der Waals surface area (Å²) in [5.41, 5.74) is 0. The molecule has 41 heavy (non-hydrogen) atoms. The number of ether oxygens (including phenoxy) is 6. The lowest BCUT2D eigenvalue weighted by Gasteiger charge is -2.13. The van der Waals surface area contributed by atoms with E-state index in [-0.39, 0.29) is 18.4 Å². The molecule has 0 aromatic heterocycles. The zero-order valence-corrected chi connectivity index (χ0v) is 26.0. The molecule has 0 N–H and O–H groups in total. The molecular formula is C32H59NO8. The summed E-state index contributed by atoms with van der Waals surface area (Å²) in [5, 5.41) is 0. The molecule has 2 amide bonds. The van der Waals surface area contributed by atoms with Gasteiger partial charge in [-0.25, -0.2) is 0 Å². The van der Waals surface area contributed by atoms with Gasteiger partial charge in [0.05, 0.1) is 79.2 Å². The van der Waals surface area contributed by atoms with Crippen LogP contribution in [0.25, 0.3) is 0 Å². The van der Waals surface area contributed by atoms with E-state index in [2.05, 4.69) is 6.92 Å². The summed E-state index contributed by atoms with van der Waals surface area (Å²) < 4.78 is 32.9. The molecule has 9 nitrogen and oxygen atoms in total. The Bertz CT molecular complexity index is 613. The highest BCUT2D eigenvalue weighted by molar-refractivity contribution is 6.12. The van der Waals surface area contributed by atoms with Crippen molar-refractivity contribution in [1.82, 2.24) is 4.90 Å². The van der Waals surface area contributed by atoms with Gasteiger partial charge >= 0.3 is 0 Å². The van der Waals surface area contributed by atoms with Gasteiger partial charge in [0.1, 0.15) is 0 Å². The molecule has 9 heteroatoms. The van der Waals surface area contributed by atoms with Crippen LogP contribution in [0.3, 0.4) is 0 Å². The quantitative estimate of drug-likeness (QED) is 0.0737. The van der Waals surface area contributed by atoms with Crippen molar-refractivity contribution in [3.8, 4) is 0 Å². The minimum Gasteiger partial charge on any atom is -0.379 e. The molecule has 1 aliphatic heterocycles. The molecule has 0 saturated heterocycles. The Labute approximate surface area is 249 Å². The van der Waals surface area contributed by atoms with Crippen LogP contribution in [0, 0.1) is 0 Å². The number of nitrogens with zero attached hydrogens (tertiary/aromatic N) is 1. The van der Waals surface area contributed by atoms with E-state index in [0.717, 1.165) is 17.9 Å². The first-order chi connectivity index (χ1) is 20.3. The van der Waals surface area contributed by atoms with Crippen LogP contribution in [-0.2, 0) is 38.0 Å². The highest BCUT2D eigenvalue weighted by Gasteiger charge is 2.22. The van der Waals surface area contributed by atoms with Crippen molar-refractivity contribution in [2.45, 2.75) is 96.8 Å². The largest absolute Gasteiger partial charge is 0.379 e. The number of carbonyl (C=O) groups excluding carboxylic acids is 2. The van der Waals surface area contributed by atoms with Crippen LogP contribution < -0.4 is 0 Å². The van der Waals surface area contributed by atoms with Crippen molar-refractivity contribution >= 4 is 11.8 Å². The average Bonchev–Trinajstić information content (AvgIpc) is 3.30. The minimum absolute atomic E-state index is 0.256. The standard InChI is InChI=1S/C32H59NO8/c1-2-3-4-5-6-7-8-9-10-11-12-13-14-15-19-36-21-23-38-25-27-40-29-30-41-28-26-39-24-22-37-20-18-33-31(34)16-17-32(33)35/h16-17H,2-15,18-30H2,1H3. The fraction of sp³-hybridized carbons (Fsp3) is 0.875. The van der Waals surface area contributed by atoms with Gasteiger partial charge in [-0.15, -0.1) is 0 Å². The highest BCUT2D eigenvalue weighted by Crippen LogP contribution is 2.13. The second-order valence-electron chi connectivity index (χ2n) is 10.4. The van der Waals surface area contributed by atoms with E-state index in [1.54, 1.807) is 0 Å². The highest BCUT2D eigenvalue weighted by atomic mass is 16.6. The van der Waals surface area contributed by atoms with Gasteiger partial charge in [0.2, 0.25) is 0 Å². The smallest absolute Gasteiger partial charge is 0.253 e. The molecule has 1 aliphatic rings. The lowest BCUT2D eigenvalue weighted by Crippen LogP contribution is -2.33. The van der Waals surface area contributed by atoms with Crippen molar-refractivity contribution in [3.63, 3.8) is 0 Å². The predicted octanol–water partition coefficient (Wildman–Crippen LogP) is 5.49. The van der Waals surface area contributed by atoms with Gasteiger partial charge in [-0.3, -0.25) is 14.5 Å². The van der Waals surface area contributed by atoms with Crippen LogP contribution >= 0.6 is 0 Å². The third-order valence-electron chi connectivity index (χ3n) is 6.86. The molecule has 0 spiro atoms. The summed E-state index contributed by atoms with van der Waals surface area (Å²) in [6.45, 7) is 8.82. The molecule has 0 fully saturated rings. The van der Waals surface area contributed by atoms with Crippen molar-refractivity contribution in [2.24, 2.45) is 0 Å². The number of carbonyl (C=O) groups is 2. The van der Waals surface area contributed by atoms with Gasteiger partial charge in [0.15, 0.2) is 0 Å². The first-order valence-corrected chi connectivity index (χ1v) is 16.3. The van der Waals surface area contributed by atoms with Crippen molar-refractivity contribution in [3.05, 3.63) is 12.2 Å². The number of amides is 2. The van der Waals surface area contributed by atoms with E-state index in [1.807, 2.05) is 0 Å². The minimum atomic E-state index is -0.293. The first kappa shape index (κ1) is 37.7. The van der Waals surface area contributed by atoms with Gasteiger partial charge in [-0.05, 0) is 6.42 Å². The lowest BCUT2D eigenvalue weighted by molar-refractivity contribution is -0.137. The lowest BCUT2D eigenvalue weighted by atomic mass is 10.0. The number of hydrogen-bond donors (Lipinski definition) is 0. The van der Waals surface area contributed by atoms with E-state index in [1.165, 1.54) is 95.6 Å². The van der Waals surface area contributed by atoms with Crippen LogP contribution in [0.1, 0.15) is 96.8 Å². The molecule has 0 aromatic carbocycles. The zero-order valence-electron chi connectivity index (χ0n) is 26.0. The SMILES string of the molecule is CCCCCCCCCCCCCCCCOCCOCCOCCOCCOCCOCCN1C(=O)C=CC1=O. The number of hydrogen-bond acceptors (Lipinski definition) is 8. The summed E-state index contributed by atoms with van der Waals surface area (Å²) in [4.78, 5) is 23.9. The molecular weight excluding hydrogens is 526 g/mol. The van der Waals surface area contributed by atoms with Crippen molar-refractivity contribution < 1.29 is 38.0 Å². The van der Waals surface area contributed by atoms with Gasteiger partial charge < -0.3 is 28.4 Å². The fourth-order valence-corrected chi connectivity index (χ4v) is 4.41. The van der Waals surface area contributed by atoms with Crippen molar-refractivity contribution in [2.75, 3.05) is 85.8 Å². The molecule has 0 bridgehead atoms. The number of unbranched alkanes of at least 4 members (excludes halogenated alkanes) is 13. The molecule has 1 heterocycles. The van der Waals surface area contributed by atoms with Crippen LogP contribution in [0.4, 0.5) is 0 Å². The van der Waals surface area contributed by atoms with E-state index < -0.39 is 0 Å². The van der Waals surface area contributed by atoms with Crippen LogP contribution in [0.15, 0.2) is 12.2 Å². The van der Waals surface area contributed by atoms with Gasteiger partial charge in [-0.1, -0.05) is 90.4 Å². The normalized spacial score (nSPS) is 13.2. The predicted molar refractivity (Wildman–Crippen MR) is 161 cm³/mol. The Morgan fingerprint density at radius 1 is 0.415 bits per heavy atom. The molecule has 0 saturated carbocycles. The summed E-state index contributed by atoms with van der Waals surface area (Å²) in [6.07, 6.45) is 21.7. The Kier molecular flexibility index (Phi) is 27.7. The Balaban J connectivity index is 1.63. The molecule has 0 radical (unpaired) electrons. The average molecular weight is 586 g/mol. The number of imide groups is 1. The molecule has 0 aromatic rings. The van der Waals surface area contributed by atoms with Crippen LogP contribution in [0.5, 0.6) is 0 Å². The van der Waals surface area contributed by atoms with E-state index in [9.17, 15) is 9.59 Å². The Morgan fingerprint density at radius 2 is 0.707 bits per heavy atom. The topological polar surface area (TPSA) is 92.8 Å². The maximum Gasteiger partial charge on any atom is 0.253 e. The molecule has 0 unspecified atom stereocenters. The van der Waals surface area contributed by atoms with Crippen LogP contribution in [0.2, 0.25) is 0 Å². The third-order valence-corrected chi connectivity index (χ3v) is 6.86. The van der Waals surface area contributed by atoms with Crippen molar-refractivity contribution in [1.29, 1.82) is 0 Å². The van der Waals surface area contributed by atoms with E-state index in [4.69, 9.17) is 28.4 Å². The zero-order chi connectivity index (χ0) is 29.5. The second-order valence-corrected chi connectivity index (χ2v) is 10.4. The van der Waals surface area contributed by atoms with Crippen LogP contribution in [-0.4, -0.2) is 103 Å². The monoisotopic (exact) mass is 585 g/mol. The second kappa shape index (κ2) is 30.1. The third kappa shape index (κ3) is 24.9. The summed E-state index contributed by atoms with van der Waals surface area (Å²) >= 11 is 0. The summed E-state index contributed by atoms with van der Waals surface area (Å²) in [7, 11) is 0. The van der Waals surface area contributed by atoms with Gasteiger partial charge in [0.25, 0.3) is 11.8 Å². The Hall–Kier alpha value is -1.36. The fourth-order valence-electron chi connectivity index (χ4n) is 4.41. The molecule has 1 rings (SSSR count). The molecule has 0 atom stereocenters. The maximum atomic E-state index is 11.4. The number of rotatable bonds is 33. The van der Waals surface area contributed by atoms with Gasteiger partial charge in [-0.2, -0.15) is 0 Å². The van der Waals surface area contributed by atoms with Gasteiger partial charge in [0, 0.05) is 18.8 Å². The molecule has 0 aliphatic carbocycles. The maximum absolute atomic E-state index is 11.4. The first-order valence-electron chi connectivity index (χ1n) is 16.3. The molecule has 240 valence electrons. The summed E-state index contributed by atoms with van der Waals surface area (Å²) in [5.74, 6) is -0.585. The van der Waals surface area contributed by atoms with E-state index >= 15 is 0 Å². The summed E-state index contributed by atoms with van der Waals surface area (Å²) in [6, 6.07) is 0. The van der Waals surface area contributed by atoms with E-state index in [0.29, 0.717) is 72.7 Å².